The second kappa shape index (κ2) is 6.10. The number of nitrogens with one attached hydrogen (secondary N) is 1. The van der Waals surface area contributed by atoms with Gasteiger partial charge in [-0.15, -0.1) is 11.3 Å². The molecule has 0 aliphatic rings. The fourth-order valence-corrected chi connectivity index (χ4v) is 2.39. The topological polar surface area (TPSA) is 50.7 Å². The van der Waals surface area contributed by atoms with Gasteiger partial charge in [0.2, 0.25) is 0 Å². The largest absolute Gasteiger partial charge is 0.370 e. The van der Waals surface area contributed by atoms with E-state index < -0.39 is 0 Å². The number of thiazole rings is 1. The zero-order valence-corrected chi connectivity index (χ0v) is 12.7. The molecule has 0 aromatic carbocycles. The highest BCUT2D eigenvalue weighted by Crippen LogP contribution is 2.24. The molecular formula is C14H20N4S. The number of anilines is 1. The average Bonchev–Trinajstić information content (AvgIpc) is 2.82. The van der Waals surface area contributed by atoms with Crippen molar-refractivity contribution in [2.45, 2.75) is 40.0 Å². The maximum absolute atomic E-state index is 4.62. The first kappa shape index (κ1) is 13.9. The quantitative estimate of drug-likeness (QED) is 0.901. The van der Waals surface area contributed by atoms with Crippen molar-refractivity contribution in [2.75, 3.05) is 11.9 Å². The Labute approximate surface area is 118 Å². The molecule has 0 radical (unpaired) electrons. The smallest absolute Gasteiger partial charge is 0.190 e. The second-order valence-electron chi connectivity index (χ2n) is 4.88. The van der Waals surface area contributed by atoms with Crippen LogP contribution in [0.4, 0.5) is 5.82 Å². The third kappa shape index (κ3) is 3.50. The summed E-state index contributed by atoms with van der Waals surface area (Å²) < 4.78 is 0. The highest BCUT2D eigenvalue weighted by Gasteiger charge is 2.11. The van der Waals surface area contributed by atoms with E-state index in [4.69, 9.17) is 0 Å². The molecule has 0 fully saturated rings. The maximum atomic E-state index is 4.62. The summed E-state index contributed by atoms with van der Waals surface area (Å²) in [7, 11) is 0. The van der Waals surface area contributed by atoms with Crippen molar-refractivity contribution in [1.29, 1.82) is 0 Å². The molecule has 2 rings (SSSR count). The van der Waals surface area contributed by atoms with Crippen LogP contribution in [0, 0.1) is 6.92 Å². The van der Waals surface area contributed by atoms with Crippen molar-refractivity contribution in [3.63, 3.8) is 0 Å². The molecule has 0 amide bonds. The second-order valence-corrected chi connectivity index (χ2v) is 5.74. The minimum atomic E-state index is 0.380. The van der Waals surface area contributed by atoms with E-state index >= 15 is 0 Å². The maximum Gasteiger partial charge on any atom is 0.190 e. The predicted octanol–water partition coefficient (Wildman–Crippen LogP) is 3.85. The molecule has 0 aliphatic carbocycles. The molecule has 0 unspecified atom stereocenters. The van der Waals surface area contributed by atoms with Gasteiger partial charge in [-0.1, -0.05) is 20.8 Å². The number of hydrogen-bond acceptors (Lipinski definition) is 5. The highest BCUT2D eigenvalue weighted by molar-refractivity contribution is 7.13. The van der Waals surface area contributed by atoms with Crippen LogP contribution in [0.5, 0.6) is 0 Å². The van der Waals surface area contributed by atoms with E-state index in [2.05, 4.69) is 41.0 Å². The Hall–Kier alpha value is -1.49. The van der Waals surface area contributed by atoms with E-state index in [1.54, 1.807) is 11.3 Å². The van der Waals surface area contributed by atoms with Crippen LogP contribution in [-0.2, 0) is 0 Å². The summed E-state index contributed by atoms with van der Waals surface area (Å²) in [6, 6.07) is 2.03. The van der Waals surface area contributed by atoms with Gasteiger partial charge >= 0.3 is 0 Å². The van der Waals surface area contributed by atoms with Crippen molar-refractivity contribution in [3.8, 4) is 10.8 Å². The summed E-state index contributed by atoms with van der Waals surface area (Å²) in [5.41, 5.74) is 2.07. The Morgan fingerprint density at radius 2 is 2.05 bits per heavy atom. The Balaban J connectivity index is 2.39. The SMILES string of the molecule is CCCNc1cc(C(C)C)nc(-c2nc(C)cs2)n1. The summed E-state index contributed by atoms with van der Waals surface area (Å²) in [5, 5.41) is 6.25. The number of aryl methyl sites for hydroxylation is 1. The van der Waals surface area contributed by atoms with Gasteiger partial charge in [-0.3, -0.25) is 0 Å². The monoisotopic (exact) mass is 276 g/mol. The molecule has 0 saturated carbocycles. The standard InChI is InChI=1S/C14H20N4S/c1-5-6-15-12-7-11(9(2)3)17-13(18-12)14-16-10(4)8-19-14/h7-9H,5-6H2,1-4H3,(H,15,17,18). The van der Waals surface area contributed by atoms with Crippen LogP contribution in [0.3, 0.4) is 0 Å². The van der Waals surface area contributed by atoms with Crippen LogP contribution in [0.15, 0.2) is 11.4 Å². The van der Waals surface area contributed by atoms with Gasteiger partial charge in [-0.05, 0) is 19.3 Å². The molecule has 2 aromatic heterocycles. The summed E-state index contributed by atoms with van der Waals surface area (Å²) in [6.45, 7) is 9.34. The fraction of sp³-hybridized carbons (Fsp3) is 0.500. The van der Waals surface area contributed by atoms with Gasteiger partial charge in [-0.2, -0.15) is 0 Å². The first-order valence-electron chi connectivity index (χ1n) is 6.65. The number of hydrogen-bond donors (Lipinski definition) is 1. The molecule has 0 bridgehead atoms. The lowest BCUT2D eigenvalue weighted by Crippen LogP contribution is -2.06. The normalized spacial score (nSPS) is 11.0. The molecule has 19 heavy (non-hydrogen) atoms. The van der Waals surface area contributed by atoms with Crippen molar-refractivity contribution in [2.24, 2.45) is 0 Å². The third-order valence-corrected chi connectivity index (χ3v) is 3.66. The first-order valence-corrected chi connectivity index (χ1v) is 7.53. The van der Waals surface area contributed by atoms with E-state index in [-0.39, 0.29) is 0 Å². The van der Waals surface area contributed by atoms with Crippen molar-refractivity contribution in [3.05, 3.63) is 22.8 Å². The van der Waals surface area contributed by atoms with E-state index in [9.17, 15) is 0 Å². The molecule has 102 valence electrons. The zero-order chi connectivity index (χ0) is 13.8. The molecule has 2 aromatic rings. The van der Waals surface area contributed by atoms with Crippen LogP contribution < -0.4 is 5.32 Å². The Bertz CT molecular complexity index is 548. The molecular weight excluding hydrogens is 256 g/mol. The van der Waals surface area contributed by atoms with E-state index in [0.29, 0.717) is 5.92 Å². The minimum Gasteiger partial charge on any atom is -0.370 e. The lowest BCUT2D eigenvalue weighted by molar-refractivity contribution is 0.815. The molecule has 4 nitrogen and oxygen atoms in total. The van der Waals surface area contributed by atoms with Gasteiger partial charge in [0.15, 0.2) is 10.8 Å². The molecule has 0 spiro atoms. The van der Waals surface area contributed by atoms with Crippen LogP contribution in [-0.4, -0.2) is 21.5 Å². The molecule has 1 N–H and O–H groups in total. The number of nitrogens with zero attached hydrogens (tertiary/aromatic N) is 3. The van der Waals surface area contributed by atoms with E-state index in [1.165, 1.54) is 0 Å². The first-order chi connectivity index (χ1) is 9.10. The van der Waals surface area contributed by atoms with Gasteiger partial charge in [0.05, 0.1) is 0 Å². The van der Waals surface area contributed by atoms with E-state index in [1.807, 2.05) is 18.4 Å². The predicted molar refractivity (Wildman–Crippen MR) is 80.7 cm³/mol. The highest BCUT2D eigenvalue weighted by atomic mass is 32.1. The Morgan fingerprint density at radius 3 is 2.63 bits per heavy atom. The van der Waals surface area contributed by atoms with Gasteiger partial charge in [0.25, 0.3) is 0 Å². The van der Waals surface area contributed by atoms with Gasteiger partial charge < -0.3 is 5.32 Å². The van der Waals surface area contributed by atoms with Crippen LogP contribution in [0.25, 0.3) is 10.8 Å². The van der Waals surface area contributed by atoms with Crippen molar-refractivity contribution >= 4 is 17.2 Å². The molecule has 0 aliphatic heterocycles. The summed E-state index contributed by atoms with van der Waals surface area (Å²) in [6.07, 6.45) is 1.08. The van der Waals surface area contributed by atoms with E-state index in [0.717, 1.165) is 41.0 Å². The van der Waals surface area contributed by atoms with Crippen molar-refractivity contribution < 1.29 is 0 Å². The van der Waals surface area contributed by atoms with Gasteiger partial charge in [-0.25, -0.2) is 15.0 Å². The zero-order valence-electron chi connectivity index (χ0n) is 11.9. The number of aromatic nitrogens is 3. The Kier molecular flexibility index (Phi) is 4.47. The lowest BCUT2D eigenvalue weighted by Gasteiger charge is -2.10. The molecule has 5 heteroatoms. The van der Waals surface area contributed by atoms with Gasteiger partial charge in [0, 0.05) is 29.4 Å². The van der Waals surface area contributed by atoms with Crippen LogP contribution in [0.2, 0.25) is 0 Å². The third-order valence-electron chi connectivity index (χ3n) is 2.70. The van der Waals surface area contributed by atoms with Crippen molar-refractivity contribution in [1.82, 2.24) is 15.0 Å². The van der Waals surface area contributed by atoms with Crippen LogP contribution in [0.1, 0.15) is 44.5 Å². The summed E-state index contributed by atoms with van der Waals surface area (Å²) in [5.74, 6) is 2.00. The summed E-state index contributed by atoms with van der Waals surface area (Å²) >= 11 is 1.59. The summed E-state index contributed by atoms with van der Waals surface area (Å²) in [4.78, 5) is 13.7. The molecule has 0 saturated heterocycles. The van der Waals surface area contributed by atoms with Crippen LogP contribution >= 0.6 is 11.3 Å². The average molecular weight is 276 g/mol. The van der Waals surface area contributed by atoms with Gasteiger partial charge in [0.1, 0.15) is 5.82 Å². The number of rotatable bonds is 5. The lowest BCUT2D eigenvalue weighted by atomic mass is 10.1. The Morgan fingerprint density at radius 1 is 1.26 bits per heavy atom. The minimum absolute atomic E-state index is 0.380. The molecule has 2 heterocycles. The molecule has 0 atom stereocenters. The fourth-order valence-electron chi connectivity index (χ4n) is 1.66.